The monoisotopic (exact) mass is 188 g/mol. The van der Waals surface area contributed by atoms with E-state index >= 15 is 0 Å². The fraction of sp³-hybridized carbons (Fsp3) is 0.167. The predicted molar refractivity (Wildman–Crippen MR) is 35.5 cm³/mol. The van der Waals surface area contributed by atoms with Gasteiger partial charge in [0.25, 0.3) is 0 Å². The molecular formula is C6H11F3Ti. The van der Waals surface area contributed by atoms with Gasteiger partial charge in [0.1, 0.15) is 0 Å². The third-order valence-electron chi connectivity index (χ3n) is 0.586. The van der Waals surface area contributed by atoms with Crippen LogP contribution in [-0.4, -0.2) is 0 Å². The first-order chi connectivity index (χ1) is 2.50. The van der Waals surface area contributed by atoms with E-state index in [0.29, 0.717) is 0 Å². The van der Waals surface area contributed by atoms with Crippen LogP contribution in [0, 0.1) is 13.5 Å². The van der Waals surface area contributed by atoms with Crippen molar-refractivity contribution in [2.24, 2.45) is 0 Å². The van der Waals surface area contributed by atoms with Gasteiger partial charge in [0, 0.05) is 0 Å². The normalized spacial score (nSPS) is 8.80. The standard InChI is InChI=1S/C5H5.CH3.3FH.Ti/c1-2-4-5-3-1;;;;;/h1-3H,4H2;1H3;3*1H;/q2*-1;;;;+2. The maximum absolute atomic E-state index is 2.99. The zero-order chi connectivity index (χ0) is 3.54. The molecule has 0 atom stereocenters. The average Bonchev–Trinajstić information content (AvgIpc) is 1.76. The fourth-order valence-corrected chi connectivity index (χ4v) is 0.340. The molecule has 0 bridgehead atoms. The summed E-state index contributed by atoms with van der Waals surface area (Å²) < 4.78 is 0. The van der Waals surface area contributed by atoms with Gasteiger partial charge in [-0.3, -0.25) is 20.2 Å². The zero-order valence-corrected chi connectivity index (χ0v) is 7.23. The van der Waals surface area contributed by atoms with Crippen LogP contribution >= 0.6 is 0 Å². The summed E-state index contributed by atoms with van der Waals surface area (Å²) in [6, 6.07) is 0. The van der Waals surface area contributed by atoms with Crippen molar-refractivity contribution in [1.82, 2.24) is 0 Å². The second-order valence-electron chi connectivity index (χ2n) is 1.00. The first kappa shape index (κ1) is 32.4. The van der Waals surface area contributed by atoms with Crippen LogP contribution < -0.4 is 0 Å². The third kappa shape index (κ3) is 15.7. The summed E-state index contributed by atoms with van der Waals surface area (Å²) in [6.45, 7) is 0. The van der Waals surface area contributed by atoms with Crippen molar-refractivity contribution in [1.29, 1.82) is 0 Å². The first-order valence-electron chi connectivity index (χ1n) is 1.72. The summed E-state index contributed by atoms with van der Waals surface area (Å²) in [4.78, 5) is 0. The minimum absolute atomic E-state index is 0. The maximum atomic E-state index is 2.99. The fourth-order valence-electron chi connectivity index (χ4n) is 0.340. The summed E-state index contributed by atoms with van der Waals surface area (Å²) in [5.74, 6) is 0. The van der Waals surface area contributed by atoms with Gasteiger partial charge in [-0.05, 0) is 0 Å². The van der Waals surface area contributed by atoms with E-state index in [0.717, 1.165) is 6.42 Å². The largest absolute Gasteiger partial charge is 2.00 e. The molecule has 1 aliphatic rings. The smallest absolute Gasteiger partial charge is 0.358 e. The molecule has 0 spiro atoms. The van der Waals surface area contributed by atoms with E-state index in [1.807, 2.05) is 12.2 Å². The van der Waals surface area contributed by atoms with Gasteiger partial charge in [-0.15, -0.1) is 6.42 Å². The molecule has 0 aliphatic heterocycles. The summed E-state index contributed by atoms with van der Waals surface area (Å²) in [6.07, 6.45) is 10.0. The van der Waals surface area contributed by atoms with Crippen molar-refractivity contribution in [2.75, 3.05) is 0 Å². The molecular weight excluding hydrogens is 177 g/mol. The third-order valence-corrected chi connectivity index (χ3v) is 0.586. The molecule has 0 N–H and O–H groups in total. The second kappa shape index (κ2) is 23.1. The quantitative estimate of drug-likeness (QED) is 0.403. The molecule has 0 fully saturated rings. The first-order valence-corrected chi connectivity index (χ1v) is 1.72. The van der Waals surface area contributed by atoms with Gasteiger partial charge in [-0.25, -0.2) is 12.2 Å². The predicted octanol–water partition coefficient (Wildman–Crippen LogP) is 2.21. The van der Waals surface area contributed by atoms with Gasteiger partial charge in [0.15, 0.2) is 0 Å². The van der Waals surface area contributed by atoms with Gasteiger partial charge in [0.2, 0.25) is 0 Å². The van der Waals surface area contributed by atoms with Crippen LogP contribution in [0.15, 0.2) is 18.2 Å². The molecule has 0 nitrogen and oxygen atoms in total. The number of rotatable bonds is 0. The molecule has 4 heteroatoms. The van der Waals surface area contributed by atoms with E-state index < -0.39 is 0 Å². The molecule has 1 aliphatic carbocycles. The Bertz CT molecular complexity index is 71.1. The Balaban J connectivity index is -0.0000000167. The van der Waals surface area contributed by atoms with Crippen LogP contribution in [0.2, 0.25) is 0 Å². The van der Waals surface area contributed by atoms with Crippen LogP contribution in [0.25, 0.3) is 0 Å². The van der Waals surface area contributed by atoms with E-state index in [1.165, 1.54) is 0 Å². The van der Waals surface area contributed by atoms with E-state index in [9.17, 15) is 0 Å². The molecule has 0 aromatic heterocycles. The van der Waals surface area contributed by atoms with Crippen molar-refractivity contribution in [2.45, 2.75) is 6.42 Å². The Morgan fingerprint density at radius 2 is 1.60 bits per heavy atom. The van der Waals surface area contributed by atoms with Gasteiger partial charge in [0.05, 0.1) is 0 Å². The molecule has 0 saturated heterocycles. The summed E-state index contributed by atoms with van der Waals surface area (Å²) in [5.41, 5.74) is 0. The van der Waals surface area contributed by atoms with Crippen LogP contribution in [0.1, 0.15) is 6.42 Å². The van der Waals surface area contributed by atoms with E-state index in [-0.39, 0.29) is 43.3 Å². The maximum Gasteiger partial charge on any atom is 2.00 e. The van der Waals surface area contributed by atoms with E-state index in [4.69, 9.17) is 0 Å². The minimum atomic E-state index is 0. The van der Waals surface area contributed by atoms with Crippen molar-refractivity contribution < 1.29 is 35.8 Å². The van der Waals surface area contributed by atoms with E-state index in [2.05, 4.69) is 12.2 Å². The van der Waals surface area contributed by atoms with Crippen molar-refractivity contribution in [3.8, 4) is 0 Å². The number of allylic oxidation sites excluding steroid dienone is 4. The van der Waals surface area contributed by atoms with Gasteiger partial charge < -0.3 is 7.43 Å². The average molecular weight is 188 g/mol. The molecule has 60 valence electrons. The topological polar surface area (TPSA) is 0 Å². The molecule has 0 aromatic rings. The zero-order valence-electron chi connectivity index (χ0n) is 5.66. The van der Waals surface area contributed by atoms with Crippen LogP contribution in [0.3, 0.4) is 0 Å². The molecule has 0 radical (unpaired) electrons. The van der Waals surface area contributed by atoms with Crippen molar-refractivity contribution >= 4 is 0 Å². The Labute approximate surface area is 74.4 Å². The SMILES string of the molecule is F.F.F.[C-]1=CC=CC1.[CH3-].[Ti+2]. The van der Waals surface area contributed by atoms with Crippen LogP contribution in [0.5, 0.6) is 0 Å². The Hall–Kier alpha value is -0.0157. The summed E-state index contributed by atoms with van der Waals surface area (Å²) >= 11 is 0. The molecule has 0 aromatic carbocycles. The number of hydrogen-bond donors (Lipinski definition) is 0. The second-order valence-corrected chi connectivity index (χ2v) is 1.00. The van der Waals surface area contributed by atoms with Crippen LogP contribution in [-0.2, 0) is 21.7 Å². The molecule has 1 rings (SSSR count). The molecule has 0 amide bonds. The van der Waals surface area contributed by atoms with Crippen molar-refractivity contribution in [3.63, 3.8) is 0 Å². The summed E-state index contributed by atoms with van der Waals surface area (Å²) in [5, 5.41) is 0. The van der Waals surface area contributed by atoms with E-state index in [1.54, 1.807) is 0 Å². The molecule has 0 heterocycles. The number of hydrogen-bond acceptors (Lipinski definition) is 0. The van der Waals surface area contributed by atoms with Crippen LogP contribution in [0.4, 0.5) is 14.1 Å². The minimum Gasteiger partial charge on any atom is -0.358 e. The molecule has 0 saturated carbocycles. The Kier molecular flexibility index (Phi) is 74.8. The molecule has 10 heavy (non-hydrogen) atoms. The Morgan fingerprint density at radius 1 is 1.10 bits per heavy atom. The van der Waals surface area contributed by atoms with Gasteiger partial charge in [-0.1, -0.05) is 0 Å². The van der Waals surface area contributed by atoms with Crippen molar-refractivity contribution in [3.05, 3.63) is 31.7 Å². The van der Waals surface area contributed by atoms with Gasteiger partial charge >= 0.3 is 21.7 Å². The Morgan fingerprint density at radius 3 is 1.70 bits per heavy atom. The summed E-state index contributed by atoms with van der Waals surface area (Å²) in [7, 11) is 0. The van der Waals surface area contributed by atoms with Gasteiger partial charge in [-0.2, -0.15) is 6.08 Å². The number of halogens is 3. The molecule has 0 unspecified atom stereocenters.